The van der Waals surface area contributed by atoms with Crippen molar-refractivity contribution in [2.75, 3.05) is 20.2 Å². The summed E-state index contributed by atoms with van der Waals surface area (Å²) in [7, 11) is -2.28. The largest absolute Gasteiger partial charge is 0.497 e. The fourth-order valence-electron chi connectivity index (χ4n) is 2.39. The van der Waals surface area contributed by atoms with E-state index in [0.717, 1.165) is 0 Å². The molecule has 1 aliphatic heterocycles. The molecule has 1 saturated heterocycles. The lowest BCUT2D eigenvalue weighted by Gasteiger charge is -2.17. The smallest absolute Gasteiger partial charge is 0.308 e. The van der Waals surface area contributed by atoms with Crippen LogP contribution in [0.3, 0.4) is 0 Å². The van der Waals surface area contributed by atoms with E-state index >= 15 is 0 Å². The number of hydrogen-bond acceptors (Lipinski definition) is 4. The molecule has 1 fully saturated rings. The SMILES string of the molecule is COc1cc(Br)cc(S(=O)(=O)N2C[C@@H](C)[C@H](C(=O)O)C2)c1. The third-order valence-electron chi connectivity index (χ3n) is 3.61. The van der Waals surface area contributed by atoms with Crippen molar-refractivity contribution in [2.45, 2.75) is 11.8 Å². The second kappa shape index (κ2) is 5.94. The standard InChI is InChI=1S/C13H16BrNO5S/c1-8-6-15(7-12(8)13(16)17)21(18,19)11-4-9(14)3-10(5-11)20-2/h3-5,8,12H,6-7H2,1-2H3,(H,16,17)/t8-,12-/m1/s1. The van der Waals surface area contributed by atoms with Crippen LogP contribution in [0, 0.1) is 11.8 Å². The number of carbonyl (C=O) groups is 1. The molecule has 1 aromatic carbocycles. The van der Waals surface area contributed by atoms with Crippen LogP contribution in [0.4, 0.5) is 0 Å². The number of aliphatic carboxylic acids is 1. The molecule has 6 nitrogen and oxygen atoms in total. The second-order valence-corrected chi connectivity index (χ2v) is 7.92. The van der Waals surface area contributed by atoms with Crippen LogP contribution in [0.1, 0.15) is 6.92 Å². The number of benzene rings is 1. The van der Waals surface area contributed by atoms with Crippen molar-refractivity contribution in [3.8, 4) is 5.75 Å². The molecule has 8 heteroatoms. The van der Waals surface area contributed by atoms with Gasteiger partial charge in [-0.2, -0.15) is 4.31 Å². The Morgan fingerprint density at radius 1 is 1.38 bits per heavy atom. The molecule has 2 rings (SSSR count). The number of sulfonamides is 1. The van der Waals surface area contributed by atoms with E-state index in [9.17, 15) is 13.2 Å². The molecule has 21 heavy (non-hydrogen) atoms. The summed E-state index contributed by atoms with van der Waals surface area (Å²) in [4.78, 5) is 11.2. The van der Waals surface area contributed by atoms with Gasteiger partial charge in [-0.15, -0.1) is 0 Å². The maximum Gasteiger partial charge on any atom is 0.308 e. The monoisotopic (exact) mass is 377 g/mol. The highest BCUT2D eigenvalue weighted by atomic mass is 79.9. The summed E-state index contributed by atoms with van der Waals surface area (Å²) >= 11 is 3.24. The van der Waals surface area contributed by atoms with Gasteiger partial charge in [0.1, 0.15) is 5.75 Å². The normalized spacial score (nSPS) is 23.2. The minimum Gasteiger partial charge on any atom is -0.497 e. The molecule has 0 aromatic heterocycles. The van der Waals surface area contributed by atoms with E-state index in [-0.39, 0.29) is 23.9 Å². The Hall–Kier alpha value is -1.12. The van der Waals surface area contributed by atoms with Gasteiger partial charge >= 0.3 is 5.97 Å². The number of nitrogens with zero attached hydrogens (tertiary/aromatic N) is 1. The summed E-state index contributed by atoms with van der Waals surface area (Å²) in [6.07, 6.45) is 0. The zero-order valence-corrected chi connectivity index (χ0v) is 14.0. The number of halogens is 1. The van der Waals surface area contributed by atoms with Gasteiger partial charge in [-0.3, -0.25) is 4.79 Å². The van der Waals surface area contributed by atoms with Gasteiger partial charge in [0.05, 0.1) is 17.9 Å². The van der Waals surface area contributed by atoms with Crippen LogP contribution in [0.15, 0.2) is 27.6 Å². The second-order valence-electron chi connectivity index (χ2n) is 5.07. The highest BCUT2D eigenvalue weighted by Gasteiger charge is 2.40. The molecule has 0 spiro atoms. The Labute approximate surface area is 131 Å². The molecule has 116 valence electrons. The minimum absolute atomic E-state index is 0.00629. The molecule has 0 radical (unpaired) electrons. The number of ether oxygens (including phenoxy) is 1. The van der Waals surface area contributed by atoms with E-state index < -0.39 is 21.9 Å². The van der Waals surface area contributed by atoms with E-state index in [0.29, 0.717) is 10.2 Å². The highest BCUT2D eigenvalue weighted by molar-refractivity contribution is 9.10. The first kappa shape index (κ1) is 16.3. The van der Waals surface area contributed by atoms with Crippen LogP contribution >= 0.6 is 15.9 Å². The predicted octanol–water partition coefficient (Wildman–Crippen LogP) is 1.80. The van der Waals surface area contributed by atoms with Crippen molar-refractivity contribution in [3.05, 3.63) is 22.7 Å². The van der Waals surface area contributed by atoms with Gasteiger partial charge in [0.25, 0.3) is 0 Å². The molecule has 1 N–H and O–H groups in total. The number of rotatable bonds is 4. The van der Waals surface area contributed by atoms with Crippen molar-refractivity contribution in [2.24, 2.45) is 11.8 Å². The van der Waals surface area contributed by atoms with Gasteiger partial charge < -0.3 is 9.84 Å². The number of hydrogen-bond donors (Lipinski definition) is 1. The zero-order valence-electron chi connectivity index (χ0n) is 11.6. The van der Waals surface area contributed by atoms with E-state index in [1.165, 1.54) is 23.5 Å². The van der Waals surface area contributed by atoms with Gasteiger partial charge in [-0.05, 0) is 18.1 Å². The van der Waals surface area contributed by atoms with E-state index in [1.54, 1.807) is 13.0 Å². The first-order valence-corrected chi connectivity index (χ1v) is 8.56. The molecular formula is C13H16BrNO5S. The van der Waals surface area contributed by atoms with Crippen LogP contribution in [0.5, 0.6) is 5.75 Å². The van der Waals surface area contributed by atoms with E-state index in [2.05, 4.69) is 15.9 Å². The molecule has 0 bridgehead atoms. The first-order chi connectivity index (χ1) is 9.75. The van der Waals surface area contributed by atoms with Crippen LogP contribution in [-0.4, -0.2) is 44.0 Å². The zero-order chi connectivity index (χ0) is 15.8. The Morgan fingerprint density at radius 2 is 2.05 bits per heavy atom. The van der Waals surface area contributed by atoms with E-state index in [4.69, 9.17) is 9.84 Å². The van der Waals surface area contributed by atoms with Gasteiger partial charge in [-0.1, -0.05) is 22.9 Å². The molecule has 1 heterocycles. The van der Waals surface area contributed by atoms with Crippen LogP contribution in [0.25, 0.3) is 0 Å². The van der Waals surface area contributed by atoms with Gasteiger partial charge in [-0.25, -0.2) is 8.42 Å². The lowest BCUT2D eigenvalue weighted by molar-refractivity contribution is -0.142. The number of methoxy groups -OCH3 is 1. The Bertz CT molecular complexity index is 661. The maximum absolute atomic E-state index is 12.6. The quantitative estimate of drug-likeness (QED) is 0.864. The average Bonchev–Trinajstić information content (AvgIpc) is 2.81. The lowest BCUT2D eigenvalue weighted by Crippen LogP contribution is -2.30. The summed E-state index contributed by atoms with van der Waals surface area (Å²) in [5, 5.41) is 9.12. The average molecular weight is 378 g/mol. The fraction of sp³-hybridized carbons (Fsp3) is 0.462. The third-order valence-corrected chi connectivity index (χ3v) is 5.88. The van der Waals surface area contributed by atoms with Gasteiger partial charge in [0.2, 0.25) is 10.0 Å². The topological polar surface area (TPSA) is 83.9 Å². The Kier molecular flexibility index (Phi) is 4.60. The fourth-order valence-corrected chi connectivity index (χ4v) is 4.64. The van der Waals surface area contributed by atoms with Crippen molar-refractivity contribution < 1.29 is 23.1 Å². The summed E-state index contributed by atoms with van der Waals surface area (Å²) in [5.41, 5.74) is 0. The summed E-state index contributed by atoms with van der Waals surface area (Å²) in [6, 6.07) is 4.57. The third kappa shape index (κ3) is 3.22. The van der Waals surface area contributed by atoms with Crippen molar-refractivity contribution in [1.82, 2.24) is 4.31 Å². The Morgan fingerprint density at radius 3 is 2.57 bits per heavy atom. The van der Waals surface area contributed by atoms with Crippen molar-refractivity contribution >= 4 is 31.9 Å². The molecular weight excluding hydrogens is 362 g/mol. The van der Waals surface area contributed by atoms with Gasteiger partial charge in [0.15, 0.2) is 0 Å². The molecule has 1 aliphatic rings. The lowest BCUT2D eigenvalue weighted by atomic mass is 9.99. The molecule has 2 atom stereocenters. The Balaban J connectivity index is 2.35. The number of carboxylic acid groups (broad SMARTS) is 1. The summed E-state index contributed by atoms with van der Waals surface area (Å²) in [5.74, 6) is -1.43. The van der Waals surface area contributed by atoms with Crippen LogP contribution in [-0.2, 0) is 14.8 Å². The van der Waals surface area contributed by atoms with Crippen molar-refractivity contribution in [3.63, 3.8) is 0 Å². The van der Waals surface area contributed by atoms with Crippen molar-refractivity contribution in [1.29, 1.82) is 0 Å². The predicted molar refractivity (Wildman–Crippen MR) is 79.7 cm³/mol. The van der Waals surface area contributed by atoms with Crippen LogP contribution < -0.4 is 4.74 Å². The van der Waals surface area contributed by atoms with Crippen LogP contribution in [0.2, 0.25) is 0 Å². The molecule has 0 saturated carbocycles. The number of carboxylic acids is 1. The molecule has 0 amide bonds. The minimum atomic E-state index is -3.73. The summed E-state index contributed by atoms with van der Waals surface area (Å²) in [6.45, 7) is 1.94. The van der Waals surface area contributed by atoms with Gasteiger partial charge in [0, 0.05) is 23.6 Å². The van der Waals surface area contributed by atoms with E-state index in [1.807, 2.05) is 0 Å². The summed E-state index contributed by atoms with van der Waals surface area (Å²) < 4.78 is 32.1. The highest BCUT2D eigenvalue weighted by Crippen LogP contribution is 2.31. The maximum atomic E-state index is 12.6. The molecule has 1 aromatic rings. The molecule has 0 aliphatic carbocycles. The first-order valence-electron chi connectivity index (χ1n) is 6.33. The molecule has 0 unspecified atom stereocenters.